The fourth-order valence-corrected chi connectivity index (χ4v) is 4.46. The Hall–Kier alpha value is -3.61. The summed E-state index contributed by atoms with van der Waals surface area (Å²) < 4.78 is 14.4. The van der Waals surface area contributed by atoms with Crippen molar-refractivity contribution in [2.45, 2.75) is 57.3 Å². The lowest BCUT2D eigenvalue weighted by Gasteiger charge is -2.27. The highest BCUT2D eigenvalue weighted by Gasteiger charge is 2.40. The van der Waals surface area contributed by atoms with Crippen LogP contribution in [0.3, 0.4) is 0 Å². The highest BCUT2D eigenvalue weighted by Crippen LogP contribution is 2.27. The molecule has 3 unspecified atom stereocenters. The molecule has 0 spiro atoms. The van der Waals surface area contributed by atoms with Gasteiger partial charge in [-0.15, -0.1) is 0 Å². The van der Waals surface area contributed by atoms with Crippen molar-refractivity contribution >= 4 is 11.8 Å². The van der Waals surface area contributed by atoms with Crippen LogP contribution in [0.2, 0.25) is 0 Å². The quantitative estimate of drug-likeness (QED) is 0.526. The first-order valence-corrected chi connectivity index (χ1v) is 12.1. The Labute approximate surface area is 205 Å². The lowest BCUT2D eigenvalue weighted by molar-refractivity contribution is -0.138. The number of nitrogens with zero attached hydrogens (tertiary/aromatic N) is 3. The highest BCUT2D eigenvalue weighted by atomic mass is 19.1. The second-order valence-electron chi connectivity index (χ2n) is 9.27. The number of halogens is 1. The maximum Gasteiger partial charge on any atom is 0.243 e. The molecule has 2 heterocycles. The molecule has 2 amide bonds. The molecule has 2 aromatic carbocycles. The molecule has 3 atom stereocenters. The molecule has 35 heavy (non-hydrogen) atoms. The van der Waals surface area contributed by atoms with Gasteiger partial charge in [-0.05, 0) is 29.0 Å². The maximum atomic E-state index is 14.4. The Bertz CT molecular complexity index is 1120. The number of aromatic nitrogens is 2. The van der Waals surface area contributed by atoms with Gasteiger partial charge in [0.15, 0.2) is 0 Å². The van der Waals surface area contributed by atoms with Gasteiger partial charge in [0.05, 0.1) is 18.3 Å². The minimum absolute atomic E-state index is 0.00346. The van der Waals surface area contributed by atoms with Crippen LogP contribution in [-0.4, -0.2) is 45.4 Å². The van der Waals surface area contributed by atoms with Crippen LogP contribution in [0.1, 0.15) is 61.0 Å². The molecular weight excluding hydrogens is 443 g/mol. The number of nitrogens with one attached hydrogen (secondary N) is 1. The molecule has 1 aromatic heterocycles. The van der Waals surface area contributed by atoms with E-state index < -0.39 is 18.3 Å². The first kappa shape index (κ1) is 24.5. The van der Waals surface area contributed by atoms with Gasteiger partial charge < -0.3 is 10.2 Å². The van der Waals surface area contributed by atoms with Gasteiger partial charge in [0.25, 0.3) is 0 Å². The summed E-state index contributed by atoms with van der Waals surface area (Å²) in [6.45, 7) is 4.19. The third-order valence-corrected chi connectivity index (χ3v) is 6.44. The Morgan fingerprint density at radius 3 is 2.37 bits per heavy atom. The minimum Gasteiger partial charge on any atom is -0.343 e. The van der Waals surface area contributed by atoms with E-state index in [4.69, 9.17) is 0 Å². The van der Waals surface area contributed by atoms with Crippen molar-refractivity contribution in [2.75, 3.05) is 6.54 Å². The van der Waals surface area contributed by atoms with Crippen LogP contribution < -0.4 is 5.32 Å². The summed E-state index contributed by atoms with van der Waals surface area (Å²) in [6.07, 6.45) is 4.05. The molecule has 4 rings (SSSR count). The predicted molar refractivity (Wildman–Crippen MR) is 132 cm³/mol. The Balaban J connectivity index is 1.51. The first-order chi connectivity index (χ1) is 16.9. The first-order valence-electron chi connectivity index (χ1n) is 12.1. The zero-order chi connectivity index (χ0) is 24.8. The van der Waals surface area contributed by atoms with Crippen molar-refractivity contribution in [1.29, 1.82) is 0 Å². The van der Waals surface area contributed by atoms with Crippen LogP contribution in [0, 0.1) is 0 Å². The SMILES string of the molecule is CC(C)c1ccc(C(NC(=O)C2CC(F)CN2C(=O)CCc2cnccn2)c2ccccc2)cc1. The minimum atomic E-state index is -1.23. The van der Waals surface area contributed by atoms with Crippen LogP contribution in [0.5, 0.6) is 0 Å². The molecule has 3 aromatic rings. The zero-order valence-corrected chi connectivity index (χ0v) is 20.1. The standard InChI is InChI=1S/C28H31FN4O2/c1-19(2)20-8-10-22(11-9-20)27(21-6-4-3-5-7-21)32-28(35)25-16-23(29)18-33(25)26(34)13-12-24-17-30-14-15-31-24/h3-11,14-15,17,19,23,25,27H,12-13,16,18H2,1-2H3,(H,32,35). The van der Waals surface area contributed by atoms with Crippen molar-refractivity contribution in [3.63, 3.8) is 0 Å². The number of hydrogen-bond donors (Lipinski definition) is 1. The van der Waals surface area contributed by atoms with Crippen LogP contribution in [-0.2, 0) is 16.0 Å². The predicted octanol–water partition coefficient (Wildman–Crippen LogP) is 4.38. The molecule has 1 N–H and O–H groups in total. The molecule has 7 heteroatoms. The number of carbonyl (C=O) groups excluding carboxylic acids is 2. The molecule has 0 bridgehead atoms. The summed E-state index contributed by atoms with van der Waals surface area (Å²) in [5.74, 6) is -0.205. The van der Waals surface area contributed by atoms with Crippen molar-refractivity contribution < 1.29 is 14.0 Å². The van der Waals surface area contributed by atoms with E-state index in [0.29, 0.717) is 18.0 Å². The van der Waals surface area contributed by atoms with Crippen molar-refractivity contribution in [3.8, 4) is 0 Å². The average Bonchev–Trinajstić information content (AvgIpc) is 3.29. The molecule has 1 aliphatic rings. The molecule has 0 radical (unpaired) electrons. The van der Waals surface area contributed by atoms with Gasteiger partial charge in [-0.25, -0.2) is 4.39 Å². The van der Waals surface area contributed by atoms with Crippen molar-refractivity contribution in [1.82, 2.24) is 20.2 Å². The highest BCUT2D eigenvalue weighted by molar-refractivity contribution is 5.89. The van der Waals surface area contributed by atoms with E-state index in [-0.39, 0.29) is 31.2 Å². The monoisotopic (exact) mass is 474 g/mol. The van der Waals surface area contributed by atoms with Gasteiger partial charge in [-0.1, -0.05) is 68.4 Å². The number of alkyl halides is 1. The Morgan fingerprint density at radius 2 is 1.71 bits per heavy atom. The van der Waals surface area contributed by atoms with E-state index in [1.165, 1.54) is 10.5 Å². The molecule has 6 nitrogen and oxygen atoms in total. The normalized spacial score (nSPS) is 18.5. The molecule has 0 aliphatic carbocycles. The van der Waals surface area contributed by atoms with Gasteiger partial charge >= 0.3 is 0 Å². The summed E-state index contributed by atoms with van der Waals surface area (Å²) in [7, 11) is 0. The fourth-order valence-electron chi connectivity index (χ4n) is 4.46. The maximum absolute atomic E-state index is 14.4. The average molecular weight is 475 g/mol. The summed E-state index contributed by atoms with van der Waals surface area (Å²) in [5, 5.41) is 3.10. The summed E-state index contributed by atoms with van der Waals surface area (Å²) >= 11 is 0. The number of rotatable bonds is 8. The number of amides is 2. The molecule has 182 valence electrons. The lowest BCUT2D eigenvalue weighted by atomic mass is 9.95. The topological polar surface area (TPSA) is 75.2 Å². The molecule has 1 aliphatic heterocycles. The van der Waals surface area contributed by atoms with Gasteiger partial charge in [-0.2, -0.15) is 0 Å². The molecular formula is C28H31FN4O2. The van der Waals surface area contributed by atoms with Crippen molar-refractivity contribution in [2.24, 2.45) is 0 Å². The van der Waals surface area contributed by atoms with E-state index in [1.54, 1.807) is 18.6 Å². The fraction of sp³-hybridized carbons (Fsp3) is 0.357. The number of carbonyl (C=O) groups is 2. The van der Waals surface area contributed by atoms with Gasteiger partial charge in [0.1, 0.15) is 12.2 Å². The summed E-state index contributed by atoms with van der Waals surface area (Å²) in [6, 6.07) is 16.6. The second kappa shape index (κ2) is 11.2. The van der Waals surface area contributed by atoms with E-state index in [0.717, 1.165) is 11.1 Å². The zero-order valence-electron chi connectivity index (χ0n) is 20.1. The Morgan fingerprint density at radius 1 is 1.03 bits per heavy atom. The number of likely N-dealkylation sites (tertiary alicyclic amines) is 1. The van der Waals surface area contributed by atoms with E-state index in [9.17, 15) is 14.0 Å². The number of hydrogen-bond acceptors (Lipinski definition) is 4. The summed E-state index contributed by atoms with van der Waals surface area (Å²) in [5.41, 5.74) is 3.76. The third kappa shape index (κ3) is 6.10. The molecule has 1 saturated heterocycles. The van der Waals surface area contributed by atoms with Crippen molar-refractivity contribution in [3.05, 3.63) is 95.6 Å². The summed E-state index contributed by atoms with van der Waals surface area (Å²) in [4.78, 5) is 35.9. The molecule has 1 fully saturated rings. The van der Waals surface area contributed by atoms with Crippen LogP contribution in [0.15, 0.2) is 73.2 Å². The van der Waals surface area contributed by atoms with Crippen LogP contribution in [0.25, 0.3) is 0 Å². The van der Waals surface area contributed by atoms with E-state index in [1.807, 2.05) is 42.5 Å². The van der Waals surface area contributed by atoms with Gasteiger partial charge in [0, 0.05) is 31.4 Å². The smallest absolute Gasteiger partial charge is 0.243 e. The second-order valence-corrected chi connectivity index (χ2v) is 9.27. The number of aryl methyl sites for hydroxylation is 1. The Kier molecular flexibility index (Phi) is 7.85. The van der Waals surface area contributed by atoms with Gasteiger partial charge in [-0.3, -0.25) is 19.6 Å². The molecule has 0 saturated carbocycles. The third-order valence-electron chi connectivity index (χ3n) is 6.44. The number of benzene rings is 2. The van der Waals surface area contributed by atoms with Crippen LogP contribution >= 0.6 is 0 Å². The van der Waals surface area contributed by atoms with Gasteiger partial charge in [0.2, 0.25) is 11.8 Å². The largest absolute Gasteiger partial charge is 0.343 e. The lowest BCUT2D eigenvalue weighted by Crippen LogP contribution is -2.47. The van der Waals surface area contributed by atoms with E-state index in [2.05, 4.69) is 41.3 Å². The van der Waals surface area contributed by atoms with E-state index >= 15 is 0 Å². The van der Waals surface area contributed by atoms with Crippen LogP contribution in [0.4, 0.5) is 4.39 Å².